The number of carbonyl (C=O) groups is 2. The Balaban J connectivity index is 1.53. The average Bonchev–Trinajstić information content (AvgIpc) is 3.29. The van der Waals surface area contributed by atoms with E-state index in [1.165, 1.54) is 29.5 Å². The Kier molecular flexibility index (Phi) is 5.84. The number of aryl methyl sites for hydroxylation is 1. The number of thiophene rings is 1. The third-order valence-electron chi connectivity index (χ3n) is 4.39. The highest BCUT2D eigenvalue weighted by atomic mass is 35.5. The van der Waals surface area contributed by atoms with Crippen LogP contribution in [0.2, 0.25) is 15.1 Å². The molecule has 4 rings (SSSR count). The summed E-state index contributed by atoms with van der Waals surface area (Å²) in [6, 6.07) is 13.5. The largest absolute Gasteiger partial charge is 0.453 e. The van der Waals surface area contributed by atoms with Gasteiger partial charge in [-0.1, -0.05) is 34.8 Å². The van der Waals surface area contributed by atoms with E-state index in [1.807, 2.05) is 19.1 Å². The van der Waals surface area contributed by atoms with Gasteiger partial charge in [0.2, 0.25) is 0 Å². The zero-order valence-corrected chi connectivity index (χ0v) is 18.6. The standard InChI is InChI=1S/C21H13Cl3N2O3S/c1-11-15-9-19(30-20(15)26(25-11)14-5-3-13(22)4-6-14)21(28)29-10-18(27)12-2-7-16(23)17(24)8-12/h2-9H,10H2,1H3. The molecule has 0 N–H and O–H groups in total. The topological polar surface area (TPSA) is 61.2 Å². The molecule has 2 heterocycles. The summed E-state index contributed by atoms with van der Waals surface area (Å²) in [4.78, 5) is 26.0. The van der Waals surface area contributed by atoms with Crippen LogP contribution in [0.5, 0.6) is 0 Å². The van der Waals surface area contributed by atoms with Gasteiger partial charge in [-0.3, -0.25) is 4.79 Å². The molecule has 0 fully saturated rings. The number of fused-ring (bicyclic) bond motifs is 1. The molecule has 0 amide bonds. The molecule has 5 nitrogen and oxygen atoms in total. The molecule has 0 unspecified atom stereocenters. The molecule has 30 heavy (non-hydrogen) atoms. The lowest BCUT2D eigenvalue weighted by Crippen LogP contribution is -2.13. The SMILES string of the molecule is Cc1nn(-c2ccc(Cl)cc2)c2sc(C(=O)OCC(=O)c3ccc(Cl)c(Cl)c3)cc12. The van der Waals surface area contributed by atoms with Crippen molar-refractivity contribution < 1.29 is 14.3 Å². The maximum absolute atomic E-state index is 12.5. The summed E-state index contributed by atoms with van der Waals surface area (Å²) in [6.45, 7) is 1.47. The highest BCUT2D eigenvalue weighted by Crippen LogP contribution is 2.31. The molecule has 152 valence electrons. The maximum atomic E-state index is 12.5. The highest BCUT2D eigenvalue weighted by Gasteiger charge is 2.19. The van der Waals surface area contributed by atoms with Crippen LogP contribution in [0.3, 0.4) is 0 Å². The second-order valence-electron chi connectivity index (χ2n) is 6.43. The van der Waals surface area contributed by atoms with E-state index in [2.05, 4.69) is 5.10 Å². The van der Waals surface area contributed by atoms with E-state index in [1.54, 1.807) is 22.9 Å². The molecule has 2 aromatic heterocycles. The molecule has 0 aliphatic rings. The van der Waals surface area contributed by atoms with Crippen LogP contribution in [0.4, 0.5) is 0 Å². The van der Waals surface area contributed by atoms with Crippen LogP contribution in [0.25, 0.3) is 15.9 Å². The zero-order chi connectivity index (χ0) is 21.4. The van der Waals surface area contributed by atoms with Crippen LogP contribution in [0.1, 0.15) is 25.7 Å². The van der Waals surface area contributed by atoms with Gasteiger partial charge in [-0.15, -0.1) is 11.3 Å². The molecule has 0 atom stereocenters. The minimum atomic E-state index is -0.577. The molecule has 0 saturated carbocycles. The van der Waals surface area contributed by atoms with Crippen molar-refractivity contribution in [3.63, 3.8) is 0 Å². The Morgan fingerprint density at radius 3 is 2.47 bits per heavy atom. The number of ether oxygens (including phenoxy) is 1. The maximum Gasteiger partial charge on any atom is 0.348 e. The lowest BCUT2D eigenvalue weighted by Gasteiger charge is -2.04. The number of rotatable bonds is 5. The van der Waals surface area contributed by atoms with E-state index in [0.717, 1.165) is 21.6 Å². The molecule has 0 aliphatic carbocycles. The first kappa shape index (κ1) is 20.9. The Bertz CT molecular complexity index is 1280. The van der Waals surface area contributed by atoms with Gasteiger partial charge < -0.3 is 4.74 Å². The summed E-state index contributed by atoms with van der Waals surface area (Å²) in [5.74, 6) is -0.946. The molecule has 9 heteroatoms. The van der Waals surface area contributed by atoms with Gasteiger partial charge in [-0.05, 0) is 55.5 Å². The lowest BCUT2D eigenvalue weighted by atomic mass is 10.1. The molecule has 4 aromatic rings. The minimum absolute atomic E-state index is 0.264. The zero-order valence-electron chi connectivity index (χ0n) is 15.5. The van der Waals surface area contributed by atoms with Crippen LogP contribution in [-0.4, -0.2) is 28.1 Å². The molecular formula is C21H13Cl3N2O3S. The van der Waals surface area contributed by atoms with Crippen LogP contribution >= 0.6 is 46.1 Å². The van der Waals surface area contributed by atoms with Crippen LogP contribution in [0.15, 0.2) is 48.5 Å². The number of benzene rings is 2. The first-order valence-corrected chi connectivity index (χ1v) is 10.7. The number of esters is 1. The fourth-order valence-corrected chi connectivity index (χ4v) is 4.36. The van der Waals surface area contributed by atoms with Crippen LogP contribution < -0.4 is 0 Å². The van der Waals surface area contributed by atoms with Crippen molar-refractivity contribution in [2.24, 2.45) is 0 Å². The Morgan fingerprint density at radius 2 is 1.77 bits per heavy atom. The third kappa shape index (κ3) is 4.09. The fraction of sp³-hybridized carbons (Fsp3) is 0.0952. The van der Waals surface area contributed by atoms with E-state index in [0.29, 0.717) is 20.5 Å². The van der Waals surface area contributed by atoms with Crippen molar-refractivity contribution >= 4 is 68.1 Å². The third-order valence-corrected chi connectivity index (χ3v) is 6.47. The minimum Gasteiger partial charge on any atom is -0.453 e. The van der Waals surface area contributed by atoms with Crippen LogP contribution in [-0.2, 0) is 4.74 Å². The quantitative estimate of drug-likeness (QED) is 0.246. The second kappa shape index (κ2) is 8.40. The number of aromatic nitrogens is 2. The summed E-state index contributed by atoms with van der Waals surface area (Å²) >= 11 is 19.0. The average molecular weight is 480 g/mol. The first-order chi connectivity index (χ1) is 14.3. The molecular weight excluding hydrogens is 467 g/mol. The molecule has 2 aromatic carbocycles. The summed E-state index contributed by atoms with van der Waals surface area (Å²) in [7, 11) is 0. The number of Topliss-reactive ketones (excluding diaryl/α,β-unsaturated/α-hetero) is 1. The molecule has 0 aliphatic heterocycles. The van der Waals surface area contributed by atoms with Gasteiger partial charge in [-0.2, -0.15) is 5.10 Å². The van der Waals surface area contributed by atoms with E-state index >= 15 is 0 Å². The van der Waals surface area contributed by atoms with Gasteiger partial charge in [0.15, 0.2) is 12.4 Å². The number of hydrogen-bond acceptors (Lipinski definition) is 5. The monoisotopic (exact) mass is 478 g/mol. The molecule has 0 bridgehead atoms. The summed E-state index contributed by atoms with van der Waals surface area (Å²) in [5.41, 5.74) is 1.93. The molecule has 0 saturated heterocycles. The van der Waals surface area contributed by atoms with Crippen molar-refractivity contribution in [3.8, 4) is 5.69 Å². The number of ketones is 1. The van der Waals surface area contributed by atoms with Crippen molar-refractivity contribution in [3.05, 3.63) is 79.7 Å². The van der Waals surface area contributed by atoms with E-state index < -0.39 is 12.6 Å². The number of nitrogens with zero attached hydrogens (tertiary/aromatic N) is 2. The number of halogens is 3. The summed E-state index contributed by atoms with van der Waals surface area (Å²) in [6.07, 6.45) is 0. The highest BCUT2D eigenvalue weighted by molar-refractivity contribution is 7.20. The van der Waals surface area contributed by atoms with Crippen molar-refractivity contribution in [2.45, 2.75) is 6.92 Å². The van der Waals surface area contributed by atoms with Crippen molar-refractivity contribution in [1.29, 1.82) is 0 Å². The smallest absolute Gasteiger partial charge is 0.348 e. The normalized spacial score (nSPS) is 11.1. The number of hydrogen-bond donors (Lipinski definition) is 0. The predicted molar refractivity (Wildman–Crippen MR) is 120 cm³/mol. The van der Waals surface area contributed by atoms with E-state index in [4.69, 9.17) is 39.5 Å². The molecule has 0 spiro atoms. The van der Waals surface area contributed by atoms with Gasteiger partial charge in [-0.25, -0.2) is 9.48 Å². The summed E-state index contributed by atoms with van der Waals surface area (Å²) < 4.78 is 6.97. The van der Waals surface area contributed by atoms with Crippen molar-refractivity contribution in [2.75, 3.05) is 6.61 Å². The fourth-order valence-electron chi connectivity index (χ4n) is 2.86. The van der Waals surface area contributed by atoms with Gasteiger partial charge in [0.05, 0.1) is 21.4 Å². The number of carbonyl (C=O) groups excluding carboxylic acids is 2. The lowest BCUT2D eigenvalue weighted by molar-refractivity contribution is 0.0479. The first-order valence-electron chi connectivity index (χ1n) is 8.74. The van der Waals surface area contributed by atoms with E-state index in [-0.39, 0.29) is 10.8 Å². The van der Waals surface area contributed by atoms with Gasteiger partial charge in [0, 0.05) is 16.0 Å². The van der Waals surface area contributed by atoms with Crippen LogP contribution in [0, 0.1) is 6.92 Å². The van der Waals surface area contributed by atoms with Gasteiger partial charge >= 0.3 is 5.97 Å². The van der Waals surface area contributed by atoms with Gasteiger partial charge in [0.25, 0.3) is 0 Å². The Labute approximate surface area is 190 Å². The Hall–Kier alpha value is -2.38. The van der Waals surface area contributed by atoms with Gasteiger partial charge in [0.1, 0.15) is 9.71 Å². The second-order valence-corrected chi connectivity index (χ2v) is 8.71. The predicted octanol–water partition coefficient (Wildman–Crippen LogP) is 6.40. The van der Waals surface area contributed by atoms with Crippen molar-refractivity contribution in [1.82, 2.24) is 9.78 Å². The molecule has 0 radical (unpaired) electrons. The summed E-state index contributed by atoms with van der Waals surface area (Å²) in [5, 5.41) is 6.62. The Morgan fingerprint density at radius 1 is 1.03 bits per heavy atom. The van der Waals surface area contributed by atoms with E-state index in [9.17, 15) is 9.59 Å².